The Balaban J connectivity index is 1.42. The van der Waals surface area contributed by atoms with Gasteiger partial charge in [-0.3, -0.25) is 9.80 Å². The van der Waals surface area contributed by atoms with Gasteiger partial charge in [0.2, 0.25) is 0 Å². The van der Waals surface area contributed by atoms with E-state index in [-0.39, 0.29) is 6.03 Å². The quantitative estimate of drug-likeness (QED) is 0.217. The molecule has 6 aromatic carbocycles. The first-order valence-electron chi connectivity index (χ1n) is 15.1. The summed E-state index contributed by atoms with van der Waals surface area (Å²) in [6.07, 6.45) is -1.68. The van der Waals surface area contributed by atoms with Crippen LogP contribution in [0.2, 0.25) is 0 Å². The van der Waals surface area contributed by atoms with Crippen LogP contribution in [-0.2, 0) is 12.8 Å². The van der Waals surface area contributed by atoms with Gasteiger partial charge in [0, 0.05) is 11.4 Å². The minimum absolute atomic E-state index is 0.284. The zero-order valence-electron chi connectivity index (χ0n) is 24.3. The lowest BCUT2D eigenvalue weighted by Gasteiger charge is -2.36. The van der Waals surface area contributed by atoms with E-state index in [9.17, 15) is 10.2 Å². The van der Waals surface area contributed by atoms with Crippen molar-refractivity contribution in [2.24, 2.45) is 0 Å². The molecule has 5 nitrogen and oxygen atoms in total. The molecule has 5 heteroatoms. The van der Waals surface area contributed by atoms with Crippen LogP contribution in [0.4, 0.5) is 16.2 Å². The number of aliphatic hydroxyl groups excluding tert-OH is 2. The molecule has 44 heavy (non-hydrogen) atoms. The molecule has 6 aromatic rings. The molecule has 1 aliphatic heterocycles. The molecule has 1 heterocycles. The molecule has 2 amide bonds. The van der Waals surface area contributed by atoms with Crippen molar-refractivity contribution in [3.63, 3.8) is 0 Å². The highest BCUT2D eigenvalue weighted by molar-refractivity contribution is 6.07. The molecule has 4 atom stereocenters. The van der Waals surface area contributed by atoms with Crippen LogP contribution in [0.15, 0.2) is 146 Å². The van der Waals surface area contributed by atoms with Crippen LogP contribution in [0.1, 0.15) is 11.1 Å². The zero-order chi connectivity index (χ0) is 30.0. The molecular formula is C39H34N2O3. The topological polar surface area (TPSA) is 64.0 Å². The molecule has 1 fully saturated rings. The van der Waals surface area contributed by atoms with Gasteiger partial charge in [0.1, 0.15) is 12.2 Å². The molecule has 1 aliphatic rings. The monoisotopic (exact) mass is 578 g/mol. The first-order valence-corrected chi connectivity index (χ1v) is 15.1. The Morgan fingerprint density at radius 3 is 1.23 bits per heavy atom. The van der Waals surface area contributed by atoms with Crippen LogP contribution in [0.25, 0.3) is 21.5 Å². The van der Waals surface area contributed by atoms with Crippen molar-refractivity contribution in [3.05, 3.63) is 157 Å². The van der Waals surface area contributed by atoms with E-state index >= 15 is 4.79 Å². The first-order chi connectivity index (χ1) is 21.6. The summed E-state index contributed by atoms with van der Waals surface area (Å²) < 4.78 is 0. The average molecular weight is 579 g/mol. The third-order valence-electron chi connectivity index (χ3n) is 8.81. The standard InChI is InChI=1S/C39H34N2O3/c42-37-35(23-27-11-3-1-4-12-27)40(33-21-19-29-15-7-9-17-31(29)25-33)39(44)41(34-22-20-30-16-8-10-18-32(30)26-34)36(38(37)43)24-28-13-5-2-6-14-28/h1-22,25-26,35-38,42-43H,23-24H2/t35-,36-,37+,38+/m1/s1. The lowest BCUT2D eigenvalue weighted by atomic mass is 9.90. The van der Waals surface area contributed by atoms with E-state index in [1.807, 2.05) is 146 Å². The number of carbonyl (C=O) groups excluding carboxylic acids is 1. The van der Waals surface area contributed by atoms with Crippen LogP contribution in [0.3, 0.4) is 0 Å². The second-order valence-electron chi connectivity index (χ2n) is 11.6. The number of amides is 2. The highest BCUT2D eigenvalue weighted by Crippen LogP contribution is 2.36. The van der Waals surface area contributed by atoms with Crippen LogP contribution in [0.5, 0.6) is 0 Å². The van der Waals surface area contributed by atoms with E-state index < -0.39 is 24.3 Å². The van der Waals surface area contributed by atoms with Crippen LogP contribution < -0.4 is 9.80 Å². The van der Waals surface area contributed by atoms with Gasteiger partial charge in [-0.15, -0.1) is 0 Å². The van der Waals surface area contributed by atoms with Gasteiger partial charge in [-0.2, -0.15) is 0 Å². The molecule has 0 bridgehead atoms. The number of nitrogens with zero attached hydrogens (tertiary/aromatic N) is 2. The van der Waals surface area contributed by atoms with E-state index in [1.54, 1.807) is 9.80 Å². The fourth-order valence-electron chi connectivity index (χ4n) is 6.55. The summed E-state index contributed by atoms with van der Waals surface area (Å²) in [7, 11) is 0. The molecule has 7 rings (SSSR count). The third-order valence-corrected chi connectivity index (χ3v) is 8.81. The second kappa shape index (κ2) is 12.0. The van der Waals surface area contributed by atoms with E-state index in [1.165, 1.54) is 0 Å². The first kappa shape index (κ1) is 27.8. The number of carbonyl (C=O) groups is 1. The molecule has 0 saturated carbocycles. The van der Waals surface area contributed by atoms with Gasteiger partial charge >= 0.3 is 6.03 Å². The predicted octanol–water partition coefficient (Wildman–Crippen LogP) is 7.38. The Hall–Kier alpha value is -4.97. The Kier molecular flexibility index (Phi) is 7.57. The number of benzene rings is 6. The second-order valence-corrected chi connectivity index (χ2v) is 11.6. The number of urea groups is 1. The normalized spacial score (nSPS) is 20.6. The lowest BCUT2D eigenvalue weighted by molar-refractivity contribution is -0.00482. The lowest BCUT2D eigenvalue weighted by Crippen LogP contribution is -2.51. The van der Waals surface area contributed by atoms with Gasteiger partial charge in [0.05, 0.1) is 12.1 Å². The highest BCUT2D eigenvalue weighted by atomic mass is 16.3. The summed E-state index contributed by atoms with van der Waals surface area (Å²) in [5.74, 6) is 0. The summed E-state index contributed by atoms with van der Waals surface area (Å²) in [5.41, 5.74) is 3.29. The highest BCUT2D eigenvalue weighted by Gasteiger charge is 2.47. The zero-order valence-corrected chi connectivity index (χ0v) is 24.3. The van der Waals surface area contributed by atoms with E-state index in [0.29, 0.717) is 24.2 Å². The summed E-state index contributed by atoms with van der Waals surface area (Å²) in [5, 5.41) is 28.2. The van der Waals surface area contributed by atoms with Crippen molar-refractivity contribution >= 4 is 39.0 Å². The minimum atomic E-state index is -1.22. The number of anilines is 2. The average Bonchev–Trinajstić information content (AvgIpc) is 3.14. The van der Waals surface area contributed by atoms with E-state index in [0.717, 1.165) is 32.7 Å². The molecule has 0 unspecified atom stereocenters. The van der Waals surface area contributed by atoms with Gasteiger partial charge in [-0.1, -0.05) is 121 Å². The van der Waals surface area contributed by atoms with Crippen molar-refractivity contribution in [2.45, 2.75) is 37.1 Å². The summed E-state index contributed by atoms with van der Waals surface area (Å²) in [6.45, 7) is 0. The van der Waals surface area contributed by atoms with Crippen LogP contribution in [0, 0.1) is 0 Å². The van der Waals surface area contributed by atoms with Crippen molar-refractivity contribution in [1.82, 2.24) is 0 Å². The van der Waals surface area contributed by atoms with Crippen LogP contribution >= 0.6 is 0 Å². The number of hydrogen-bond donors (Lipinski definition) is 2. The Morgan fingerprint density at radius 1 is 0.455 bits per heavy atom. The molecule has 0 radical (unpaired) electrons. The van der Waals surface area contributed by atoms with Crippen molar-refractivity contribution < 1.29 is 15.0 Å². The number of hydrogen-bond acceptors (Lipinski definition) is 3. The number of fused-ring (bicyclic) bond motifs is 2. The summed E-state index contributed by atoms with van der Waals surface area (Å²) >= 11 is 0. The van der Waals surface area contributed by atoms with Gasteiger partial charge < -0.3 is 10.2 Å². The Labute approximate surface area is 257 Å². The maximum Gasteiger partial charge on any atom is 0.329 e. The van der Waals surface area contributed by atoms with Gasteiger partial charge in [0.15, 0.2) is 0 Å². The van der Waals surface area contributed by atoms with Gasteiger partial charge in [-0.25, -0.2) is 4.79 Å². The maximum absolute atomic E-state index is 15.1. The fourth-order valence-corrected chi connectivity index (χ4v) is 6.55. The number of rotatable bonds is 6. The maximum atomic E-state index is 15.1. The molecule has 1 saturated heterocycles. The SMILES string of the molecule is O=C1N(c2ccc3ccccc3c2)[C@H](Cc2ccccc2)[C@H](O)[C@@H](O)[C@@H](Cc2ccccc2)N1c1ccc2ccccc2c1. The Bertz CT molecular complexity index is 1770. The predicted molar refractivity (Wildman–Crippen MR) is 178 cm³/mol. The van der Waals surface area contributed by atoms with Crippen molar-refractivity contribution in [3.8, 4) is 0 Å². The van der Waals surface area contributed by atoms with Gasteiger partial charge in [0.25, 0.3) is 0 Å². The molecule has 0 aliphatic carbocycles. The smallest absolute Gasteiger partial charge is 0.329 e. The number of aliphatic hydroxyl groups is 2. The largest absolute Gasteiger partial charge is 0.388 e. The van der Waals surface area contributed by atoms with Gasteiger partial charge in [-0.05, 0) is 69.8 Å². The summed E-state index contributed by atoms with van der Waals surface area (Å²) in [4.78, 5) is 18.5. The molecule has 0 spiro atoms. The third kappa shape index (κ3) is 5.32. The minimum Gasteiger partial charge on any atom is -0.388 e. The molecule has 2 N–H and O–H groups in total. The Morgan fingerprint density at radius 2 is 0.818 bits per heavy atom. The van der Waals surface area contributed by atoms with E-state index in [2.05, 4.69) is 0 Å². The summed E-state index contributed by atoms with van der Waals surface area (Å²) in [6, 6.07) is 46.0. The van der Waals surface area contributed by atoms with Crippen LogP contribution in [-0.4, -0.2) is 40.5 Å². The van der Waals surface area contributed by atoms with Crippen molar-refractivity contribution in [2.75, 3.05) is 9.80 Å². The fraction of sp³-hybridized carbons (Fsp3) is 0.154. The molecular weight excluding hydrogens is 544 g/mol. The molecule has 0 aromatic heterocycles. The molecule has 218 valence electrons. The van der Waals surface area contributed by atoms with E-state index in [4.69, 9.17) is 0 Å². The van der Waals surface area contributed by atoms with Crippen molar-refractivity contribution in [1.29, 1.82) is 0 Å².